The standard InChI is InChI=1S/C32H39F3N8O2/c1-4-45-27-15-21(14-25(39-27)32(33,34)35)22-16-24(42(2)19-31(20-44-3)10-6-7-11-31)28-30(38-22)41-29(40-28)23-17-37-26(18-36-23)43-12-8-5-9-13-43/h14-18H,4-13,19-20H2,1-3H3,(H,38,40,41). The molecule has 2 aliphatic rings. The molecule has 4 aromatic heterocycles. The average molecular weight is 625 g/mol. The van der Waals surface area contributed by atoms with E-state index in [2.05, 4.69) is 29.7 Å². The van der Waals surface area contributed by atoms with E-state index in [1.54, 1.807) is 32.5 Å². The summed E-state index contributed by atoms with van der Waals surface area (Å²) in [5, 5.41) is 0. The van der Waals surface area contributed by atoms with Crippen molar-refractivity contribution in [1.29, 1.82) is 0 Å². The Morgan fingerprint density at radius 2 is 1.73 bits per heavy atom. The molecular formula is C32H39F3N8O2. The minimum atomic E-state index is -4.65. The number of halogens is 3. The number of nitrogens with one attached hydrogen (secondary N) is 1. The van der Waals surface area contributed by atoms with Gasteiger partial charge >= 0.3 is 6.18 Å². The van der Waals surface area contributed by atoms with E-state index in [9.17, 15) is 13.2 Å². The number of aromatic nitrogens is 6. The molecule has 0 atom stereocenters. The van der Waals surface area contributed by atoms with Crippen LogP contribution in [0.1, 0.15) is 57.6 Å². The Balaban J connectivity index is 1.44. The van der Waals surface area contributed by atoms with Crippen LogP contribution in [-0.4, -0.2) is 76.9 Å². The number of anilines is 2. The van der Waals surface area contributed by atoms with E-state index in [1.807, 2.05) is 7.05 Å². The van der Waals surface area contributed by atoms with Gasteiger partial charge in [0.1, 0.15) is 22.7 Å². The molecule has 240 valence electrons. The van der Waals surface area contributed by atoms with Crippen molar-refractivity contribution in [2.75, 3.05) is 56.8 Å². The smallest absolute Gasteiger partial charge is 0.433 e. The molecule has 0 unspecified atom stereocenters. The van der Waals surface area contributed by atoms with Crippen LogP contribution >= 0.6 is 0 Å². The van der Waals surface area contributed by atoms with E-state index in [0.717, 1.165) is 69.2 Å². The number of H-pyrrole nitrogens is 1. The number of aromatic amines is 1. The van der Waals surface area contributed by atoms with Gasteiger partial charge in [0.2, 0.25) is 5.88 Å². The summed E-state index contributed by atoms with van der Waals surface area (Å²) in [5.41, 5.74) is 1.84. The predicted molar refractivity (Wildman–Crippen MR) is 166 cm³/mol. The molecule has 0 bridgehead atoms. The fraction of sp³-hybridized carbons (Fsp3) is 0.531. The minimum absolute atomic E-state index is 0.0277. The number of nitrogens with zero attached hydrogens (tertiary/aromatic N) is 7. The first-order valence-corrected chi connectivity index (χ1v) is 15.6. The first-order valence-electron chi connectivity index (χ1n) is 15.6. The predicted octanol–water partition coefficient (Wildman–Crippen LogP) is 6.53. The molecule has 0 amide bonds. The van der Waals surface area contributed by atoms with Crippen LogP contribution in [-0.2, 0) is 10.9 Å². The van der Waals surface area contributed by atoms with Gasteiger partial charge < -0.3 is 24.3 Å². The van der Waals surface area contributed by atoms with Crippen molar-refractivity contribution in [3.05, 3.63) is 36.3 Å². The maximum atomic E-state index is 13.9. The Morgan fingerprint density at radius 1 is 0.956 bits per heavy atom. The van der Waals surface area contributed by atoms with E-state index in [0.29, 0.717) is 41.5 Å². The third kappa shape index (κ3) is 6.68. The number of hydrogen-bond donors (Lipinski definition) is 1. The lowest BCUT2D eigenvalue weighted by Crippen LogP contribution is -2.37. The minimum Gasteiger partial charge on any atom is -0.478 e. The van der Waals surface area contributed by atoms with Gasteiger partial charge in [-0.15, -0.1) is 0 Å². The van der Waals surface area contributed by atoms with Crippen LogP contribution in [0.5, 0.6) is 5.88 Å². The molecule has 0 spiro atoms. The molecule has 1 aliphatic heterocycles. The van der Waals surface area contributed by atoms with Crippen molar-refractivity contribution >= 4 is 22.7 Å². The van der Waals surface area contributed by atoms with Crippen LogP contribution in [0.3, 0.4) is 0 Å². The normalized spacial score (nSPS) is 16.8. The van der Waals surface area contributed by atoms with Gasteiger partial charge in [0, 0.05) is 50.8 Å². The summed E-state index contributed by atoms with van der Waals surface area (Å²) >= 11 is 0. The summed E-state index contributed by atoms with van der Waals surface area (Å²) in [7, 11) is 3.71. The van der Waals surface area contributed by atoms with Crippen molar-refractivity contribution in [1.82, 2.24) is 29.9 Å². The van der Waals surface area contributed by atoms with E-state index in [-0.39, 0.29) is 23.5 Å². The number of piperidine rings is 1. The van der Waals surface area contributed by atoms with Crippen LogP contribution in [0, 0.1) is 5.41 Å². The lowest BCUT2D eigenvalue weighted by Gasteiger charge is -2.34. The SMILES string of the molecule is CCOc1cc(-c2cc(N(C)CC3(COC)CCCC3)c3[nH]c(-c4cnc(N5CCCCC5)cn4)nc3n2)cc(C(F)(F)F)n1. The number of imidazole rings is 1. The Hall–Kier alpha value is -4.00. The fourth-order valence-corrected chi connectivity index (χ4v) is 6.66. The number of rotatable bonds is 10. The summed E-state index contributed by atoms with van der Waals surface area (Å²) in [5.74, 6) is 1.20. The summed E-state index contributed by atoms with van der Waals surface area (Å²) in [6, 6.07) is 4.29. The van der Waals surface area contributed by atoms with Crippen LogP contribution in [0.4, 0.5) is 24.7 Å². The van der Waals surface area contributed by atoms with Crippen molar-refractivity contribution in [2.24, 2.45) is 5.41 Å². The van der Waals surface area contributed by atoms with E-state index < -0.39 is 11.9 Å². The number of ether oxygens (including phenoxy) is 2. The quantitative estimate of drug-likeness (QED) is 0.211. The first kappa shape index (κ1) is 31.0. The molecule has 1 saturated carbocycles. The molecule has 13 heteroatoms. The molecule has 1 aliphatic carbocycles. The summed E-state index contributed by atoms with van der Waals surface area (Å²) < 4.78 is 52.6. The van der Waals surface area contributed by atoms with Gasteiger partial charge in [0.15, 0.2) is 11.5 Å². The van der Waals surface area contributed by atoms with Gasteiger partial charge in [-0.25, -0.2) is 24.9 Å². The molecule has 1 saturated heterocycles. The third-order valence-electron chi connectivity index (χ3n) is 8.78. The number of pyridine rings is 2. The number of methoxy groups -OCH3 is 1. The van der Waals surface area contributed by atoms with Gasteiger partial charge in [-0.05, 0) is 51.2 Å². The molecule has 0 aromatic carbocycles. The highest BCUT2D eigenvalue weighted by molar-refractivity contribution is 5.91. The zero-order valence-electron chi connectivity index (χ0n) is 26.0. The molecule has 4 aromatic rings. The third-order valence-corrected chi connectivity index (χ3v) is 8.78. The van der Waals surface area contributed by atoms with Gasteiger partial charge in [-0.2, -0.15) is 13.2 Å². The zero-order chi connectivity index (χ0) is 31.6. The Kier molecular flexibility index (Phi) is 8.80. The van der Waals surface area contributed by atoms with Crippen LogP contribution in [0.2, 0.25) is 0 Å². The highest BCUT2D eigenvalue weighted by Crippen LogP contribution is 2.41. The molecule has 5 heterocycles. The maximum absolute atomic E-state index is 13.9. The van der Waals surface area contributed by atoms with Crippen LogP contribution in [0.15, 0.2) is 30.6 Å². The second kappa shape index (κ2) is 12.8. The van der Waals surface area contributed by atoms with Crippen molar-refractivity contribution in [3.63, 3.8) is 0 Å². The molecule has 1 N–H and O–H groups in total. The second-order valence-corrected chi connectivity index (χ2v) is 12.1. The monoisotopic (exact) mass is 624 g/mol. The highest BCUT2D eigenvalue weighted by Gasteiger charge is 2.36. The van der Waals surface area contributed by atoms with E-state index in [4.69, 9.17) is 19.4 Å². The highest BCUT2D eigenvalue weighted by atomic mass is 19.4. The van der Waals surface area contributed by atoms with Gasteiger partial charge in [-0.3, -0.25) is 0 Å². The molecule has 45 heavy (non-hydrogen) atoms. The molecule has 6 rings (SSSR count). The van der Waals surface area contributed by atoms with Gasteiger partial charge in [-0.1, -0.05) is 12.8 Å². The zero-order valence-corrected chi connectivity index (χ0v) is 26.0. The number of alkyl halides is 3. The molecule has 2 fully saturated rings. The van der Waals surface area contributed by atoms with Crippen molar-refractivity contribution in [2.45, 2.75) is 58.0 Å². The Labute approximate surface area is 260 Å². The van der Waals surface area contributed by atoms with E-state index >= 15 is 0 Å². The Bertz CT molecular complexity index is 1610. The topological polar surface area (TPSA) is 105 Å². The van der Waals surface area contributed by atoms with Crippen LogP contribution in [0.25, 0.3) is 33.9 Å². The lowest BCUT2D eigenvalue weighted by atomic mass is 9.86. The summed E-state index contributed by atoms with van der Waals surface area (Å²) in [4.78, 5) is 30.3. The van der Waals surface area contributed by atoms with Crippen molar-refractivity contribution in [3.8, 4) is 28.7 Å². The second-order valence-electron chi connectivity index (χ2n) is 12.1. The first-order chi connectivity index (χ1) is 21.7. The van der Waals surface area contributed by atoms with Gasteiger partial charge in [0.25, 0.3) is 0 Å². The number of hydrogen-bond acceptors (Lipinski definition) is 9. The summed E-state index contributed by atoms with van der Waals surface area (Å²) in [6.07, 6.45) is 6.64. The van der Waals surface area contributed by atoms with Crippen molar-refractivity contribution < 1.29 is 22.6 Å². The summed E-state index contributed by atoms with van der Waals surface area (Å²) in [6.45, 7) is 5.12. The lowest BCUT2D eigenvalue weighted by molar-refractivity contribution is -0.141. The largest absolute Gasteiger partial charge is 0.478 e. The molecule has 0 radical (unpaired) electrons. The van der Waals surface area contributed by atoms with Gasteiger partial charge in [0.05, 0.1) is 37.0 Å². The molecule has 10 nitrogen and oxygen atoms in total. The maximum Gasteiger partial charge on any atom is 0.433 e. The van der Waals surface area contributed by atoms with E-state index in [1.165, 1.54) is 12.5 Å². The average Bonchev–Trinajstić information content (AvgIpc) is 3.68. The Morgan fingerprint density at radius 3 is 2.40 bits per heavy atom. The fourth-order valence-electron chi connectivity index (χ4n) is 6.66. The number of fused-ring (bicyclic) bond motifs is 1. The molecular weight excluding hydrogens is 585 g/mol. The van der Waals surface area contributed by atoms with Crippen LogP contribution < -0.4 is 14.5 Å².